The van der Waals surface area contributed by atoms with E-state index in [9.17, 15) is 0 Å². The molecule has 0 spiro atoms. The van der Waals surface area contributed by atoms with E-state index in [1.807, 2.05) is 0 Å². The topological polar surface area (TPSA) is 18.0 Å². The molecule has 0 unspecified atom stereocenters. The Hall–Kier alpha value is -2.39. The average molecular weight is 349 g/mol. The molecule has 3 heteroatoms. The zero-order valence-corrected chi connectivity index (χ0v) is 17.0. The van der Waals surface area contributed by atoms with Crippen molar-refractivity contribution in [3.63, 3.8) is 0 Å². The van der Waals surface area contributed by atoms with Gasteiger partial charge in [-0.25, -0.2) is 0 Å². The van der Waals surface area contributed by atoms with Crippen LogP contribution < -0.4 is 4.57 Å². The van der Waals surface area contributed by atoms with Crippen LogP contribution in [-0.2, 0) is 11.3 Å². The third-order valence-corrected chi connectivity index (χ3v) is 4.95. The van der Waals surface area contributed by atoms with Gasteiger partial charge in [0.1, 0.15) is 30.4 Å². The molecule has 0 aliphatic rings. The Labute approximate surface area is 156 Å². The second kappa shape index (κ2) is 7.08. The summed E-state index contributed by atoms with van der Waals surface area (Å²) in [5.74, 6) is 1.12. The molecule has 0 bridgehead atoms. The highest BCUT2D eigenvalue weighted by atomic mass is 16.5. The number of nitrogens with zero attached hydrogens (tertiary/aromatic N) is 2. The van der Waals surface area contributed by atoms with Gasteiger partial charge in [-0.05, 0) is 63.8 Å². The Bertz CT molecular complexity index is 845. The molecule has 1 aromatic heterocycles. The summed E-state index contributed by atoms with van der Waals surface area (Å²) in [5, 5.41) is 0. The van der Waals surface area contributed by atoms with Gasteiger partial charge in [-0.2, -0.15) is 9.13 Å². The van der Waals surface area contributed by atoms with E-state index in [-0.39, 0.29) is 0 Å². The lowest BCUT2D eigenvalue weighted by atomic mass is 10.0. The number of ether oxygens (including phenoxy) is 1. The Morgan fingerprint density at radius 2 is 1.31 bits per heavy atom. The van der Waals surface area contributed by atoms with Gasteiger partial charge < -0.3 is 4.74 Å². The zero-order valence-electron chi connectivity index (χ0n) is 17.0. The quantitative estimate of drug-likeness (QED) is 0.622. The van der Waals surface area contributed by atoms with Crippen molar-refractivity contribution in [2.75, 3.05) is 7.11 Å². The van der Waals surface area contributed by atoms with Gasteiger partial charge in [-0.15, -0.1) is 0 Å². The molecule has 1 heterocycles. The van der Waals surface area contributed by atoms with Crippen molar-refractivity contribution in [3.8, 4) is 11.4 Å². The van der Waals surface area contributed by atoms with Gasteiger partial charge in [0.25, 0.3) is 5.82 Å². The van der Waals surface area contributed by atoms with E-state index in [1.54, 1.807) is 7.11 Å². The predicted octanol–water partition coefficient (Wildman–Crippen LogP) is 4.75. The fourth-order valence-electron chi connectivity index (χ4n) is 4.20. The number of aromatic nitrogens is 2. The van der Waals surface area contributed by atoms with Crippen molar-refractivity contribution in [3.05, 3.63) is 75.9 Å². The van der Waals surface area contributed by atoms with Crippen LogP contribution in [0.5, 0.6) is 0 Å². The van der Waals surface area contributed by atoms with Crippen LogP contribution in [0.2, 0.25) is 0 Å². The first-order valence-corrected chi connectivity index (χ1v) is 9.10. The van der Waals surface area contributed by atoms with Gasteiger partial charge in [-0.1, -0.05) is 35.4 Å². The molecular weight excluding hydrogens is 320 g/mol. The summed E-state index contributed by atoms with van der Waals surface area (Å²) in [5.41, 5.74) is 10.2. The number of methoxy groups -OCH3 is 1. The van der Waals surface area contributed by atoms with Crippen molar-refractivity contribution in [2.45, 2.75) is 48.1 Å². The summed E-state index contributed by atoms with van der Waals surface area (Å²) in [4.78, 5) is 0. The molecule has 136 valence electrons. The summed E-state index contributed by atoms with van der Waals surface area (Å²) in [6, 6.07) is 8.97. The average Bonchev–Trinajstić information content (AvgIpc) is 2.89. The van der Waals surface area contributed by atoms with Gasteiger partial charge in [0, 0.05) is 7.11 Å². The number of benzene rings is 2. The molecule has 3 nitrogen and oxygen atoms in total. The molecule has 0 N–H and O–H groups in total. The van der Waals surface area contributed by atoms with Gasteiger partial charge in [0.2, 0.25) is 0 Å². The Morgan fingerprint density at radius 3 is 1.81 bits per heavy atom. The third-order valence-electron chi connectivity index (χ3n) is 4.95. The van der Waals surface area contributed by atoms with Crippen LogP contribution in [0.4, 0.5) is 0 Å². The highest BCUT2D eigenvalue weighted by molar-refractivity contribution is 5.50. The summed E-state index contributed by atoms with van der Waals surface area (Å²) < 4.78 is 10.1. The minimum atomic E-state index is 0.548. The highest BCUT2D eigenvalue weighted by Gasteiger charge is 2.25. The predicted molar refractivity (Wildman–Crippen MR) is 106 cm³/mol. The number of hydrogen-bond donors (Lipinski definition) is 0. The van der Waals surface area contributed by atoms with Gasteiger partial charge in [0.05, 0.1) is 0 Å². The van der Waals surface area contributed by atoms with Crippen molar-refractivity contribution < 1.29 is 9.30 Å². The minimum Gasteiger partial charge on any atom is -0.372 e. The molecule has 0 aliphatic heterocycles. The van der Waals surface area contributed by atoms with Crippen molar-refractivity contribution >= 4 is 0 Å². The first-order chi connectivity index (χ1) is 12.3. The fourth-order valence-corrected chi connectivity index (χ4v) is 4.20. The number of imidazole rings is 1. The van der Waals surface area contributed by atoms with Crippen LogP contribution in [0.1, 0.15) is 39.2 Å². The van der Waals surface area contributed by atoms with Gasteiger partial charge in [-0.3, -0.25) is 0 Å². The van der Waals surface area contributed by atoms with Gasteiger partial charge in [0.15, 0.2) is 0 Å². The first kappa shape index (κ1) is 18.4. The molecule has 0 amide bonds. The Morgan fingerprint density at radius 1 is 0.808 bits per heavy atom. The van der Waals surface area contributed by atoms with Crippen LogP contribution in [0.15, 0.2) is 36.7 Å². The number of aryl methyl sites for hydroxylation is 6. The van der Waals surface area contributed by atoms with Crippen molar-refractivity contribution in [1.29, 1.82) is 0 Å². The van der Waals surface area contributed by atoms with E-state index in [1.165, 1.54) is 44.8 Å². The van der Waals surface area contributed by atoms with Crippen molar-refractivity contribution in [1.82, 2.24) is 4.57 Å². The second-order valence-corrected chi connectivity index (χ2v) is 7.38. The summed E-state index contributed by atoms with van der Waals surface area (Å²) >= 11 is 0. The van der Waals surface area contributed by atoms with Crippen LogP contribution in [-0.4, -0.2) is 11.7 Å². The molecule has 26 heavy (non-hydrogen) atoms. The summed E-state index contributed by atoms with van der Waals surface area (Å²) in [6.07, 6.45) is 4.30. The monoisotopic (exact) mass is 349 g/mol. The lowest BCUT2D eigenvalue weighted by molar-refractivity contribution is -0.607. The number of hydrogen-bond acceptors (Lipinski definition) is 1. The highest BCUT2D eigenvalue weighted by Crippen LogP contribution is 2.24. The van der Waals surface area contributed by atoms with Gasteiger partial charge >= 0.3 is 0 Å². The van der Waals surface area contributed by atoms with Crippen LogP contribution in [0.25, 0.3) is 11.4 Å². The van der Waals surface area contributed by atoms with E-state index in [4.69, 9.17) is 4.74 Å². The maximum Gasteiger partial charge on any atom is 0.293 e. The lowest BCUT2D eigenvalue weighted by Gasteiger charge is -2.12. The molecular formula is C23H29N2O+. The molecule has 3 rings (SSSR count). The van der Waals surface area contributed by atoms with Crippen LogP contribution in [0, 0.1) is 41.5 Å². The van der Waals surface area contributed by atoms with E-state index < -0.39 is 0 Å². The smallest absolute Gasteiger partial charge is 0.293 e. The molecule has 0 saturated carbocycles. The maximum absolute atomic E-state index is 5.58. The standard InChI is InChI=1S/C23H29N2O/c1-15-10-17(3)22(18(4)11-15)24-8-9-25(21(24)14-26-7)23-19(5)12-16(2)13-20(23)6/h8-13H,14H2,1-7H3/q+1. The number of rotatable bonds is 4. The third kappa shape index (κ3) is 3.19. The molecule has 0 saturated heterocycles. The van der Waals surface area contributed by atoms with E-state index in [0.29, 0.717) is 6.61 Å². The second-order valence-electron chi connectivity index (χ2n) is 7.38. The minimum absolute atomic E-state index is 0.548. The Kier molecular flexibility index (Phi) is 5.01. The van der Waals surface area contributed by atoms with E-state index >= 15 is 0 Å². The zero-order chi connectivity index (χ0) is 19.0. The Balaban J connectivity index is 2.27. The molecule has 0 atom stereocenters. The molecule has 0 aliphatic carbocycles. The molecule has 0 radical (unpaired) electrons. The van der Waals surface area contributed by atoms with Crippen LogP contribution >= 0.6 is 0 Å². The molecule has 0 fully saturated rings. The summed E-state index contributed by atoms with van der Waals surface area (Å²) in [6.45, 7) is 13.6. The maximum atomic E-state index is 5.58. The molecule has 2 aromatic carbocycles. The summed E-state index contributed by atoms with van der Waals surface area (Å²) in [7, 11) is 1.76. The first-order valence-electron chi connectivity index (χ1n) is 9.10. The largest absolute Gasteiger partial charge is 0.372 e. The van der Waals surface area contributed by atoms with Crippen LogP contribution in [0.3, 0.4) is 0 Å². The normalized spacial score (nSPS) is 11.2. The lowest BCUT2D eigenvalue weighted by Crippen LogP contribution is -2.36. The van der Waals surface area contributed by atoms with Crippen molar-refractivity contribution in [2.24, 2.45) is 0 Å². The van der Waals surface area contributed by atoms with E-state index in [0.717, 1.165) is 5.82 Å². The van der Waals surface area contributed by atoms with E-state index in [2.05, 4.69) is 87.3 Å². The SMILES string of the molecule is COCc1n(-c2c(C)cc(C)cc2C)cc[n+]1-c1c(C)cc(C)cc1C. The molecule has 3 aromatic rings. The fraction of sp³-hybridized carbons (Fsp3) is 0.348.